The molecule has 0 unspecified atom stereocenters. The highest BCUT2D eigenvalue weighted by Gasteiger charge is 2.23. The molecule has 0 radical (unpaired) electrons. The number of nitrogens with one attached hydrogen (secondary N) is 2. The second kappa shape index (κ2) is 9.66. The Hall–Kier alpha value is -3.32. The van der Waals surface area contributed by atoms with Gasteiger partial charge in [-0.15, -0.1) is 0 Å². The molecule has 2 heterocycles. The summed E-state index contributed by atoms with van der Waals surface area (Å²) in [4.78, 5) is 23.7. The normalized spacial score (nSPS) is 14.2. The summed E-state index contributed by atoms with van der Waals surface area (Å²) in [6, 6.07) is 16.6. The molecule has 31 heavy (non-hydrogen) atoms. The summed E-state index contributed by atoms with van der Waals surface area (Å²) < 4.78 is 5.14. The number of carbonyl (C=O) groups is 1. The molecule has 0 aliphatic carbocycles. The standard InChI is InChI=1S/C23H24ClN5O2/c1-31-18-8-6-16(7-9-18)22(30)26-17-11-14-29(15-12-17)23-25-13-10-21(28-23)27-20-5-3-2-4-19(20)24/h2-10,13,17H,11-12,14-15H2,1H3,(H,26,30)(H,25,27,28). The third-order valence-corrected chi connectivity index (χ3v) is 5.57. The van der Waals surface area contributed by atoms with Crippen LogP contribution in [0.25, 0.3) is 0 Å². The molecule has 1 aromatic heterocycles. The number of aromatic nitrogens is 2. The smallest absolute Gasteiger partial charge is 0.251 e. The van der Waals surface area contributed by atoms with Crippen LogP contribution in [0.1, 0.15) is 23.2 Å². The van der Waals surface area contributed by atoms with Gasteiger partial charge in [-0.1, -0.05) is 23.7 Å². The van der Waals surface area contributed by atoms with Crippen LogP contribution in [0.4, 0.5) is 17.5 Å². The van der Waals surface area contributed by atoms with Crippen LogP contribution in [0.3, 0.4) is 0 Å². The summed E-state index contributed by atoms with van der Waals surface area (Å²) in [5.74, 6) is 2.02. The first kappa shape index (κ1) is 20.9. The lowest BCUT2D eigenvalue weighted by Crippen LogP contribution is -2.45. The molecule has 2 aromatic carbocycles. The van der Waals surface area contributed by atoms with Crippen LogP contribution in [-0.2, 0) is 0 Å². The van der Waals surface area contributed by atoms with E-state index in [1.165, 1.54) is 0 Å². The van der Waals surface area contributed by atoms with Crippen molar-refractivity contribution < 1.29 is 9.53 Å². The van der Waals surface area contributed by atoms with Gasteiger partial charge in [0, 0.05) is 30.9 Å². The van der Waals surface area contributed by atoms with Gasteiger partial charge in [-0.2, -0.15) is 4.98 Å². The van der Waals surface area contributed by atoms with Gasteiger partial charge in [0.05, 0.1) is 17.8 Å². The largest absolute Gasteiger partial charge is 0.497 e. The zero-order valence-electron chi connectivity index (χ0n) is 17.2. The molecule has 7 nitrogen and oxygen atoms in total. The minimum absolute atomic E-state index is 0.0664. The molecular weight excluding hydrogens is 414 g/mol. The van der Waals surface area contributed by atoms with E-state index in [1.54, 1.807) is 37.6 Å². The van der Waals surface area contributed by atoms with Crippen molar-refractivity contribution >= 4 is 35.0 Å². The number of anilines is 3. The maximum absolute atomic E-state index is 12.5. The van der Waals surface area contributed by atoms with Gasteiger partial charge in [0.25, 0.3) is 5.91 Å². The maximum atomic E-state index is 12.5. The lowest BCUT2D eigenvalue weighted by atomic mass is 10.0. The Bertz CT molecular complexity index is 1040. The van der Waals surface area contributed by atoms with E-state index in [0.717, 1.165) is 37.4 Å². The zero-order chi connectivity index (χ0) is 21.6. The van der Waals surface area contributed by atoms with Crippen LogP contribution in [-0.4, -0.2) is 42.1 Å². The monoisotopic (exact) mass is 437 g/mol. The van der Waals surface area contributed by atoms with Crippen molar-refractivity contribution in [2.24, 2.45) is 0 Å². The van der Waals surface area contributed by atoms with E-state index in [2.05, 4.69) is 25.5 Å². The van der Waals surface area contributed by atoms with E-state index in [0.29, 0.717) is 22.4 Å². The Kier molecular flexibility index (Phi) is 6.52. The number of piperidine rings is 1. The molecule has 1 aliphatic rings. The number of ether oxygens (including phenoxy) is 1. The second-order valence-electron chi connectivity index (χ2n) is 7.31. The van der Waals surface area contributed by atoms with Crippen LogP contribution in [0.15, 0.2) is 60.8 Å². The third-order valence-electron chi connectivity index (χ3n) is 5.24. The average Bonchev–Trinajstić information content (AvgIpc) is 2.81. The van der Waals surface area contributed by atoms with E-state index in [4.69, 9.17) is 16.3 Å². The molecular formula is C23H24ClN5O2. The van der Waals surface area contributed by atoms with Gasteiger partial charge in [0.1, 0.15) is 11.6 Å². The van der Waals surface area contributed by atoms with Gasteiger partial charge in [0.15, 0.2) is 0 Å². The number of carbonyl (C=O) groups excluding carboxylic acids is 1. The first-order chi connectivity index (χ1) is 15.1. The van der Waals surface area contributed by atoms with Gasteiger partial charge in [-0.3, -0.25) is 4.79 Å². The van der Waals surface area contributed by atoms with Crippen molar-refractivity contribution in [1.82, 2.24) is 15.3 Å². The van der Waals surface area contributed by atoms with E-state index in [1.807, 2.05) is 30.3 Å². The van der Waals surface area contributed by atoms with E-state index in [-0.39, 0.29) is 11.9 Å². The van der Waals surface area contributed by atoms with Gasteiger partial charge in [-0.25, -0.2) is 4.98 Å². The Morgan fingerprint density at radius 1 is 1.10 bits per heavy atom. The SMILES string of the molecule is COc1ccc(C(=O)NC2CCN(c3nccc(Nc4ccccc4Cl)n3)CC2)cc1. The number of hydrogen-bond acceptors (Lipinski definition) is 6. The Morgan fingerprint density at radius 2 is 1.84 bits per heavy atom. The number of halogens is 1. The summed E-state index contributed by atoms with van der Waals surface area (Å²) in [6.07, 6.45) is 3.39. The molecule has 0 saturated carbocycles. The predicted molar refractivity (Wildman–Crippen MR) is 122 cm³/mol. The van der Waals surface area contributed by atoms with Gasteiger partial charge in [-0.05, 0) is 55.3 Å². The molecule has 2 N–H and O–H groups in total. The molecule has 1 fully saturated rings. The first-order valence-corrected chi connectivity index (χ1v) is 10.5. The molecule has 160 valence electrons. The molecule has 1 saturated heterocycles. The van der Waals surface area contributed by atoms with Crippen molar-refractivity contribution in [3.8, 4) is 5.75 Å². The first-order valence-electron chi connectivity index (χ1n) is 10.2. The number of amides is 1. The maximum Gasteiger partial charge on any atom is 0.251 e. The molecule has 3 aromatic rings. The second-order valence-corrected chi connectivity index (χ2v) is 7.72. The van der Waals surface area contributed by atoms with Crippen LogP contribution >= 0.6 is 11.6 Å². The van der Waals surface area contributed by atoms with Gasteiger partial charge in [0.2, 0.25) is 5.95 Å². The third kappa shape index (κ3) is 5.24. The number of hydrogen-bond donors (Lipinski definition) is 2. The molecule has 1 amide bonds. The van der Waals surface area contributed by atoms with E-state index in [9.17, 15) is 4.79 Å². The van der Waals surface area contributed by atoms with Crippen molar-refractivity contribution in [3.05, 3.63) is 71.4 Å². The lowest BCUT2D eigenvalue weighted by Gasteiger charge is -2.32. The molecule has 1 aliphatic heterocycles. The highest BCUT2D eigenvalue weighted by molar-refractivity contribution is 6.33. The fourth-order valence-corrected chi connectivity index (χ4v) is 3.69. The van der Waals surface area contributed by atoms with E-state index >= 15 is 0 Å². The highest BCUT2D eigenvalue weighted by Crippen LogP contribution is 2.25. The number of benzene rings is 2. The predicted octanol–water partition coefficient (Wildman–Crippen LogP) is 4.28. The van der Waals surface area contributed by atoms with Crippen molar-refractivity contribution in [2.75, 3.05) is 30.4 Å². The van der Waals surface area contributed by atoms with Crippen LogP contribution in [0, 0.1) is 0 Å². The lowest BCUT2D eigenvalue weighted by molar-refractivity contribution is 0.0931. The fraction of sp³-hybridized carbons (Fsp3) is 0.261. The summed E-state index contributed by atoms with van der Waals surface area (Å²) in [5, 5.41) is 6.99. The number of methoxy groups -OCH3 is 1. The minimum atomic E-state index is -0.0664. The highest BCUT2D eigenvalue weighted by atomic mass is 35.5. The summed E-state index contributed by atoms with van der Waals surface area (Å²) in [5.41, 5.74) is 1.43. The summed E-state index contributed by atoms with van der Waals surface area (Å²) in [6.45, 7) is 1.53. The molecule has 8 heteroatoms. The van der Waals surface area contributed by atoms with Crippen molar-refractivity contribution in [1.29, 1.82) is 0 Å². The number of rotatable bonds is 6. The molecule has 0 bridgehead atoms. The van der Waals surface area contributed by atoms with Crippen molar-refractivity contribution in [2.45, 2.75) is 18.9 Å². The Morgan fingerprint density at radius 3 is 2.55 bits per heavy atom. The molecule has 0 atom stereocenters. The van der Waals surface area contributed by atoms with Crippen LogP contribution in [0.2, 0.25) is 5.02 Å². The quantitative estimate of drug-likeness (QED) is 0.599. The topological polar surface area (TPSA) is 79.4 Å². The molecule has 4 rings (SSSR count). The van der Waals surface area contributed by atoms with Crippen molar-refractivity contribution in [3.63, 3.8) is 0 Å². The summed E-state index contributed by atoms with van der Waals surface area (Å²) in [7, 11) is 1.61. The van der Waals surface area contributed by atoms with E-state index < -0.39 is 0 Å². The Labute approximate surface area is 186 Å². The average molecular weight is 438 g/mol. The van der Waals surface area contributed by atoms with Crippen LogP contribution in [0.5, 0.6) is 5.75 Å². The minimum Gasteiger partial charge on any atom is -0.497 e. The van der Waals surface area contributed by atoms with Gasteiger partial charge >= 0.3 is 0 Å². The summed E-state index contributed by atoms with van der Waals surface area (Å²) >= 11 is 6.22. The number of nitrogens with zero attached hydrogens (tertiary/aromatic N) is 3. The fourth-order valence-electron chi connectivity index (χ4n) is 3.51. The molecule has 0 spiro atoms. The van der Waals surface area contributed by atoms with Crippen LogP contribution < -0.4 is 20.3 Å². The Balaban J connectivity index is 1.33. The number of para-hydroxylation sites is 1. The van der Waals surface area contributed by atoms with Gasteiger partial charge < -0.3 is 20.3 Å². The zero-order valence-corrected chi connectivity index (χ0v) is 18.0.